The standard InChI is InChI=1S/C14H13ClN2O3S/c1-9-7-12(5-6-13(9)21(15,19)20)17-14(18)11-4-3-10(2)16-8-11/h3-8H,1-2H3,(H,17,18). The van der Waals surface area contributed by atoms with Crippen molar-refractivity contribution in [2.45, 2.75) is 18.7 Å². The topological polar surface area (TPSA) is 76.1 Å². The van der Waals surface area contributed by atoms with E-state index in [2.05, 4.69) is 10.3 Å². The Morgan fingerprint density at radius 1 is 1.19 bits per heavy atom. The summed E-state index contributed by atoms with van der Waals surface area (Å²) in [4.78, 5) is 16.1. The van der Waals surface area contributed by atoms with Crippen LogP contribution in [0.25, 0.3) is 0 Å². The van der Waals surface area contributed by atoms with E-state index in [0.29, 0.717) is 16.8 Å². The van der Waals surface area contributed by atoms with Crippen molar-refractivity contribution in [3.05, 3.63) is 53.3 Å². The molecule has 1 N–H and O–H groups in total. The van der Waals surface area contributed by atoms with Gasteiger partial charge in [-0.1, -0.05) is 0 Å². The van der Waals surface area contributed by atoms with Crippen molar-refractivity contribution in [3.8, 4) is 0 Å². The van der Waals surface area contributed by atoms with Gasteiger partial charge in [0.1, 0.15) is 0 Å². The van der Waals surface area contributed by atoms with Gasteiger partial charge in [-0.3, -0.25) is 9.78 Å². The van der Waals surface area contributed by atoms with Crippen molar-refractivity contribution in [1.82, 2.24) is 4.98 Å². The van der Waals surface area contributed by atoms with Crippen LogP contribution in [0.1, 0.15) is 21.6 Å². The molecule has 0 radical (unpaired) electrons. The Kier molecular flexibility index (Phi) is 4.29. The molecular formula is C14H13ClN2O3S. The average molecular weight is 325 g/mol. The predicted molar refractivity (Wildman–Crippen MR) is 81.1 cm³/mol. The highest BCUT2D eigenvalue weighted by molar-refractivity contribution is 8.13. The molecule has 110 valence electrons. The van der Waals surface area contributed by atoms with Crippen LogP contribution in [-0.4, -0.2) is 19.3 Å². The van der Waals surface area contributed by atoms with Crippen LogP contribution in [0.2, 0.25) is 0 Å². The Labute approximate surface area is 127 Å². The van der Waals surface area contributed by atoms with Crippen LogP contribution in [-0.2, 0) is 9.05 Å². The van der Waals surface area contributed by atoms with Gasteiger partial charge in [0.25, 0.3) is 15.0 Å². The number of benzene rings is 1. The fraction of sp³-hybridized carbons (Fsp3) is 0.143. The summed E-state index contributed by atoms with van der Waals surface area (Å²) >= 11 is 0. The summed E-state index contributed by atoms with van der Waals surface area (Å²) in [7, 11) is 1.52. The molecule has 7 heteroatoms. The zero-order chi connectivity index (χ0) is 15.6. The Bertz CT molecular complexity index is 786. The van der Waals surface area contributed by atoms with E-state index < -0.39 is 9.05 Å². The van der Waals surface area contributed by atoms with Gasteiger partial charge in [0.05, 0.1) is 10.5 Å². The largest absolute Gasteiger partial charge is 0.322 e. The highest BCUT2D eigenvalue weighted by atomic mass is 35.7. The molecule has 0 bridgehead atoms. The summed E-state index contributed by atoms with van der Waals surface area (Å²) in [5.74, 6) is -0.316. The third-order valence-electron chi connectivity index (χ3n) is 2.87. The van der Waals surface area contributed by atoms with E-state index in [4.69, 9.17) is 10.7 Å². The van der Waals surface area contributed by atoms with Gasteiger partial charge in [-0.05, 0) is 49.7 Å². The van der Waals surface area contributed by atoms with Gasteiger partial charge in [-0.2, -0.15) is 0 Å². The Hall–Kier alpha value is -1.92. The summed E-state index contributed by atoms with van der Waals surface area (Å²) in [6, 6.07) is 7.81. The number of rotatable bonds is 3. The van der Waals surface area contributed by atoms with Gasteiger partial charge in [0.15, 0.2) is 0 Å². The van der Waals surface area contributed by atoms with Crippen LogP contribution in [0.5, 0.6) is 0 Å². The van der Waals surface area contributed by atoms with E-state index in [1.54, 1.807) is 25.1 Å². The lowest BCUT2D eigenvalue weighted by molar-refractivity contribution is 0.102. The number of nitrogens with zero attached hydrogens (tertiary/aromatic N) is 1. The minimum absolute atomic E-state index is 0.0270. The Morgan fingerprint density at radius 2 is 1.90 bits per heavy atom. The van der Waals surface area contributed by atoms with Crippen molar-refractivity contribution in [3.63, 3.8) is 0 Å². The smallest absolute Gasteiger partial charge is 0.261 e. The fourth-order valence-corrected chi connectivity index (χ4v) is 3.00. The molecule has 0 unspecified atom stereocenters. The van der Waals surface area contributed by atoms with Gasteiger partial charge in [-0.15, -0.1) is 0 Å². The lowest BCUT2D eigenvalue weighted by Gasteiger charge is -2.08. The molecule has 2 aromatic rings. The van der Waals surface area contributed by atoms with Crippen LogP contribution >= 0.6 is 10.7 Å². The summed E-state index contributed by atoms with van der Waals surface area (Å²) in [5.41, 5.74) is 2.19. The van der Waals surface area contributed by atoms with E-state index >= 15 is 0 Å². The lowest BCUT2D eigenvalue weighted by atomic mass is 10.2. The van der Waals surface area contributed by atoms with Gasteiger partial charge in [-0.25, -0.2) is 8.42 Å². The fourth-order valence-electron chi connectivity index (χ4n) is 1.81. The third-order valence-corrected chi connectivity index (χ3v) is 4.35. The Balaban J connectivity index is 2.22. The number of aryl methyl sites for hydroxylation is 2. The molecule has 21 heavy (non-hydrogen) atoms. The van der Waals surface area contributed by atoms with E-state index in [-0.39, 0.29) is 10.8 Å². The van der Waals surface area contributed by atoms with Gasteiger partial charge in [0, 0.05) is 28.3 Å². The molecule has 0 spiro atoms. The number of carbonyl (C=O) groups excluding carboxylic acids is 1. The minimum atomic E-state index is -3.79. The van der Waals surface area contributed by atoms with E-state index in [1.807, 2.05) is 6.92 Å². The molecule has 2 rings (SSSR count). The maximum Gasteiger partial charge on any atom is 0.261 e. The maximum absolute atomic E-state index is 12.0. The third kappa shape index (κ3) is 3.80. The highest BCUT2D eigenvalue weighted by Gasteiger charge is 2.14. The van der Waals surface area contributed by atoms with Crippen molar-refractivity contribution in [2.75, 3.05) is 5.32 Å². The molecule has 0 saturated heterocycles. The summed E-state index contributed by atoms with van der Waals surface area (Å²) in [6.07, 6.45) is 1.48. The quantitative estimate of drug-likeness (QED) is 0.881. The predicted octanol–water partition coefficient (Wildman–Crippen LogP) is 2.88. The molecule has 0 aliphatic carbocycles. The van der Waals surface area contributed by atoms with Gasteiger partial charge in [0.2, 0.25) is 0 Å². The van der Waals surface area contributed by atoms with E-state index in [9.17, 15) is 13.2 Å². The maximum atomic E-state index is 12.0. The first-order valence-electron chi connectivity index (χ1n) is 6.07. The molecule has 0 aliphatic rings. The van der Waals surface area contributed by atoms with Crippen LogP contribution in [0, 0.1) is 13.8 Å². The highest BCUT2D eigenvalue weighted by Crippen LogP contribution is 2.23. The molecule has 0 aliphatic heterocycles. The lowest BCUT2D eigenvalue weighted by Crippen LogP contribution is -2.12. The molecule has 0 fully saturated rings. The summed E-state index contributed by atoms with van der Waals surface area (Å²) < 4.78 is 22.6. The second kappa shape index (κ2) is 5.83. The number of anilines is 1. The minimum Gasteiger partial charge on any atom is -0.322 e. The van der Waals surface area contributed by atoms with Gasteiger partial charge < -0.3 is 5.32 Å². The van der Waals surface area contributed by atoms with Gasteiger partial charge >= 0.3 is 0 Å². The monoisotopic (exact) mass is 324 g/mol. The number of hydrogen-bond donors (Lipinski definition) is 1. The normalized spacial score (nSPS) is 11.2. The summed E-state index contributed by atoms with van der Waals surface area (Å²) in [5, 5.41) is 2.68. The van der Waals surface area contributed by atoms with Crippen molar-refractivity contribution in [2.24, 2.45) is 0 Å². The molecule has 0 atom stereocenters. The number of amides is 1. The molecule has 1 aromatic heterocycles. The second-order valence-corrected chi connectivity index (χ2v) is 7.09. The van der Waals surface area contributed by atoms with Crippen LogP contribution in [0.3, 0.4) is 0 Å². The summed E-state index contributed by atoms with van der Waals surface area (Å²) in [6.45, 7) is 3.44. The van der Waals surface area contributed by atoms with Crippen LogP contribution < -0.4 is 5.32 Å². The zero-order valence-corrected chi connectivity index (χ0v) is 13.0. The number of pyridine rings is 1. The molecule has 0 saturated carbocycles. The first kappa shape index (κ1) is 15.5. The number of carbonyl (C=O) groups is 1. The number of nitrogens with one attached hydrogen (secondary N) is 1. The first-order valence-corrected chi connectivity index (χ1v) is 8.37. The zero-order valence-electron chi connectivity index (χ0n) is 11.4. The van der Waals surface area contributed by atoms with Crippen LogP contribution in [0.15, 0.2) is 41.4 Å². The van der Waals surface area contributed by atoms with E-state index in [0.717, 1.165) is 5.69 Å². The molecule has 1 amide bonds. The van der Waals surface area contributed by atoms with Crippen molar-refractivity contribution < 1.29 is 13.2 Å². The van der Waals surface area contributed by atoms with E-state index in [1.165, 1.54) is 18.3 Å². The number of aromatic nitrogens is 1. The van der Waals surface area contributed by atoms with Crippen LogP contribution in [0.4, 0.5) is 5.69 Å². The first-order chi connectivity index (χ1) is 9.77. The van der Waals surface area contributed by atoms with Crippen molar-refractivity contribution in [1.29, 1.82) is 0 Å². The Morgan fingerprint density at radius 3 is 2.43 bits per heavy atom. The molecule has 1 heterocycles. The molecule has 5 nitrogen and oxygen atoms in total. The molecular weight excluding hydrogens is 312 g/mol. The second-order valence-electron chi connectivity index (χ2n) is 4.56. The number of hydrogen-bond acceptors (Lipinski definition) is 4. The average Bonchev–Trinajstić information content (AvgIpc) is 2.37. The SMILES string of the molecule is Cc1ccc(C(=O)Nc2ccc(S(=O)(=O)Cl)c(C)c2)cn1. The molecule has 1 aromatic carbocycles. The number of halogens is 1. The van der Waals surface area contributed by atoms with Crippen molar-refractivity contribution >= 4 is 31.3 Å².